The van der Waals surface area contributed by atoms with Crippen LogP contribution in [0, 0.1) is 13.8 Å². The number of Topliss-reactive ketones (excluding diaryl/α,β-unsaturated/α-hetero) is 1. The fourth-order valence-electron chi connectivity index (χ4n) is 3.25. The van der Waals surface area contributed by atoms with E-state index in [2.05, 4.69) is 4.98 Å². The quantitative estimate of drug-likeness (QED) is 0.810. The van der Waals surface area contributed by atoms with Gasteiger partial charge in [-0.1, -0.05) is 17.7 Å². The number of aromatic nitrogens is 1. The summed E-state index contributed by atoms with van der Waals surface area (Å²) < 4.78 is 27.3. The predicted octanol–water partition coefficient (Wildman–Crippen LogP) is 1.98. The number of amides is 1. The van der Waals surface area contributed by atoms with E-state index in [1.165, 1.54) is 23.5 Å². The lowest BCUT2D eigenvalue weighted by molar-refractivity contribution is 0.0692. The standard InChI is InChI=1S/C19H23N3O4S/c1-13-4-5-18(14(2)10-13)27(25,26)22-8-6-21(7-9-22)19(24)17-11-16(12-20-17)15(3)23/h4-5,10-12,20H,6-9H2,1-3H3. The Labute approximate surface area is 159 Å². The van der Waals surface area contributed by atoms with Crippen LogP contribution in [0.25, 0.3) is 0 Å². The maximum Gasteiger partial charge on any atom is 0.270 e. The first-order valence-corrected chi connectivity index (χ1v) is 10.2. The normalized spacial score (nSPS) is 15.7. The Hall–Kier alpha value is -2.45. The molecule has 0 aliphatic carbocycles. The molecular formula is C19H23N3O4S. The Kier molecular flexibility index (Phi) is 5.21. The molecule has 1 fully saturated rings. The van der Waals surface area contributed by atoms with E-state index < -0.39 is 10.0 Å². The summed E-state index contributed by atoms with van der Waals surface area (Å²) >= 11 is 0. The Morgan fingerprint density at radius 2 is 1.70 bits per heavy atom. The van der Waals surface area contributed by atoms with E-state index >= 15 is 0 Å². The Morgan fingerprint density at radius 3 is 2.26 bits per heavy atom. The van der Waals surface area contributed by atoms with Crippen molar-refractivity contribution >= 4 is 21.7 Å². The molecule has 3 rings (SSSR count). The highest BCUT2D eigenvalue weighted by atomic mass is 32.2. The van der Waals surface area contributed by atoms with Crippen molar-refractivity contribution in [3.8, 4) is 0 Å². The maximum atomic E-state index is 12.9. The van der Waals surface area contributed by atoms with Gasteiger partial charge in [0.05, 0.1) is 4.90 Å². The summed E-state index contributed by atoms with van der Waals surface area (Å²) in [6, 6.07) is 6.81. The molecule has 0 unspecified atom stereocenters. The largest absolute Gasteiger partial charge is 0.356 e. The van der Waals surface area contributed by atoms with Crippen molar-refractivity contribution in [1.29, 1.82) is 0 Å². The molecule has 7 nitrogen and oxygen atoms in total. The number of hydrogen-bond acceptors (Lipinski definition) is 4. The minimum absolute atomic E-state index is 0.116. The fourth-order valence-corrected chi connectivity index (χ4v) is 4.88. The van der Waals surface area contributed by atoms with Gasteiger partial charge in [0, 0.05) is 37.9 Å². The first-order chi connectivity index (χ1) is 12.7. The van der Waals surface area contributed by atoms with Gasteiger partial charge in [-0.15, -0.1) is 0 Å². The summed E-state index contributed by atoms with van der Waals surface area (Å²) in [5.74, 6) is -0.347. The third-order valence-corrected chi connectivity index (χ3v) is 6.85. The molecule has 1 saturated heterocycles. The van der Waals surface area contributed by atoms with Gasteiger partial charge in [0.1, 0.15) is 5.69 Å². The number of H-pyrrole nitrogens is 1. The molecule has 0 spiro atoms. The van der Waals surface area contributed by atoms with Gasteiger partial charge in [-0.05, 0) is 38.5 Å². The number of nitrogens with zero attached hydrogens (tertiary/aromatic N) is 2. The van der Waals surface area contributed by atoms with Crippen molar-refractivity contribution in [2.45, 2.75) is 25.7 Å². The average molecular weight is 389 g/mol. The topological polar surface area (TPSA) is 90.6 Å². The van der Waals surface area contributed by atoms with Crippen LogP contribution in [0.2, 0.25) is 0 Å². The summed E-state index contributed by atoms with van der Waals surface area (Å²) in [4.78, 5) is 28.7. The third-order valence-electron chi connectivity index (χ3n) is 4.79. The molecule has 1 aromatic heterocycles. The summed E-state index contributed by atoms with van der Waals surface area (Å²) in [6.45, 7) is 6.23. The van der Waals surface area contributed by atoms with E-state index in [9.17, 15) is 18.0 Å². The molecule has 1 aliphatic rings. The van der Waals surface area contributed by atoms with E-state index in [4.69, 9.17) is 0 Å². The third kappa shape index (κ3) is 3.81. The molecule has 0 atom stereocenters. The fraction of sp³-hybridized carbons (Fsp3) is 0.368. The first-order valence-electron chi connectivity index (χ1n) is 8.76. The molecule has 8 heteroatoms. The molecule has 144 valence electrons. The number of piperazine rings is 1. The lowest BCUT2D eigenvalue weighted by Gasteiger charge is -2.34. The number of aryl methyl sites for hydroxylation is 2. The maximum absolute atomic E-state index is 12.9. The number of carbonyl (C=O) groups is 2. The lowest BCUT2D eigenvalue weighted by Crippen LogP contribution is -2.50. The zero-order valence-electron chi connectivity index (χ0n) is 15.7. The molecule has 0 bridgehead atoms. The Bertz CT molecular complexity index is 986. The monoisotopic (exact) mass is 389 g/mol. The van der Waals surface area contributed by atoms with Gasteiger partial charge in [-0.25, -0.2) is 8.42 Å². The van der Waals surface area contributed by atoms with Gasteiger partial charge in [0.15, 0.2) is 5.78 Å². The SMILES string of the molecule is CC(=O)c1c[nH]c(C(=O)N2CCN(S(=O)(=O)c3ccc(C)cc3C)CC2)c1. The zero-order valence-corrected chi connectivity index (χ0v) is 16.5. The van der Waals surface area contributed by atoms with E-state index in [0.29, 0.717) is 29.2 Å². The second kappa shape index (κ2) is 7.28. The Morgan fingerprint density at radius 1 is 1.04 bits per heavy atom. The molecule has 0 saturated carbocycles. The molecule has 1 N–H and O–H groups in total. The van der Waals surface area contributed by atoms with Crippen LogP contribution >= 0.6 is 0 Å². The van der Waals surface area contributed by atoms with Gasteiger partial charge >= 0.3 is 0 Å². The smallest absolute Gasteiger partial charge is 0.270 e. The lowest BCUT2D eigenvalue weighted by atomic mass is 10.2. The highest BCUT2D eigenvalue weighted by Crippen LogP contribution is 2.22. The number of nitrogens with one attached hydrogen (secondary N) is 1. The molecule has 0 radical (unpaired) electrons. The summed E-state index contributed by atoms with van der Waals surface area (Å²) in [5.41, 5.74) is 2.52. The van der Waals surface area contributed by atoms with Crippen LogP contribution in [0.4, 0.5) is 0 Å². The summed E-state index contributed by atoms with van der Waals surface area (Å²) in [5, 5.41) is 0. The van der Waals surface area contributed by atoms with Gasteiger partial charge in [-0.3, -0.25) is 9.59 Å². The van der Waals surface area contributed by atoms with Crippen molar-refractivity contribution in [1.82, 2.24) is 14.2 Å². The van der Waals surface area contributed by atoms with Crippen LogP contribution < -0.4 is 0 Å². The molecule has 2 heterocycles. The minimum atomic E-state index is -3.59. The molecule has 1 aliphatic heterocycles. The minimum Gasteiger partial charge on any atom is -0.356 e. The summed E-state index contributed by atoms with van der Waals surface area (Å²) in [7, 11) is -3.59. The van der Waals surface area contributed by atoms with Gasteiger partial charge in [0.2, 0.25) is 10.0 Å². The molecule has 27 heavy (non-hydrogen) atoms. The Balaban J connectivity index is 1.70. The molecule has 1 amide bonds. The van der Waals surface area contributed by atoms with E-state index in [-0.39, 0.29) is 24.8 Å². The highest BCUT2D eigenvalue weighted by molar-refractivity contribution is 7.89. The number of aromatic amines is 1. The van der Waals surface area contributed by atoms with Crippen LogP contribution in [0.1, 0.15) is 38.9 Å². The van der Waals surface area contributed by atoms with Crippen LogP contribution in [0.5, 0.6) is 0 Å². The van der Waals surface area contributed by atoms with Crippen molar-refractivity contribution < 1.29 is 18.0 Å². The van der Waals surface area contributed by atoms with Gasteiger partial charge in [-0.2, -0.15) is 4.31 Å². The zero-order chi connectivity index (χ0) is 19.8. The van der Waals surface area contributed by atoms with Crippen molar-refractivity contribution in [2.75, 3.05) is 26.2 Å². The van der Waals surface area contributed by atoms with Crippen LogP contribution in [-0.2, 0) is 10.0 Å². The predicted molar refractivity (Wildman–Crippen MR) is 101 cm³/mol. The number of ketones is 1. The van der Waals surface area contributed by atoms with Crippen LogP contribution in [0.3, 0.4) is 0 Å². The summed E-state index contributed by atoms with van der Waals surface area (Å²) in [6.07, 6.45) is 1.51. The van der Waals surface area contributed by atoms with Gasteiger partial charge in [0.25, 0.3) is 5.91 Å². The van der Waals surface area contributed by atoms with Crippen molar-refractivity contribution in [3.05, 3.63) is 52.8 Å². The number of sulfonamides is 1. The van der Waals surface area contributed by atoms with Gasteiger partial charge < -0.3 is 9.88 Å². The van der Waals surface area contributed by atoms with Crippen molar-refractivity contribution in [3.63, 3.8) is 0 Å². The molecular weight excluding hydrogens is 366 g/mol. The molecule has 1 aromatic carbocycles. The van der Waals surface area contributed by atoms with Crippen LogP contribution in [0.15, 0.2) is 35.4 Å². The first kappa shape index (κ1) is 19.3. The molecule has 2 aromatic rings. The van der Waals surface area contributed by atoms with E-state index in [1.54, 1.807) is 24.0 Å². The van der Waals surface area contributed by atoms with E-state index in [0.717, 1.165) is 11.1 Å². The number of benzene rings is 1. The number of rotatable bonds is 4. The highest BCUT2D eigenvalue weighted by Gasteiger charge is 2.31. The van der Waals surface area contributed by atoms with E-state index in [1.807, 2.05) is 13.0 Å². The number of hydrogen-bond donors (Lipinski definition) is 1. The average Bonchev–Trinajstić information content (AvgIpc) is 3.11. The van der Waals surface area contributed by atoms with Crippen LogP contribution in [-0.4, -0.2) is 60.5 Å². The number of carbonyl (C=O) groups excluding carboxylic acids is 2. The second-order valence-electron chi connectivity index (χ2n) is 6.82. The second-order valence-corrected chi connectivity index (χ2v) is 8.73. The van der Waals surface area contributed by atoms with Crippen molar-refractivity contribution in [2.24, 2.45) is 0 Å².